The van der Waals surface area contributed by atoms with E-state index < -0.39 is 29.8 Å². The van der Waals surface area contributed by atoms with Crippen molar-refractivity contribution in [2.24, 2.45) is 5.73 Å². The number of amides is 3. The van der Waals surface area contributed by atoms with Gasteiger partial charge < -0.3 is 20.6 Å². The van der Waals surface area contributed by atoms with Gasteiger partial charge in [0.25, 0.3) is 0 Å². The summed E-state index contributed by atoms with van der Waals surface area (Å²) in [5, 5.41) is 4.59. The Hall–Kier alpha value is -1.37. The second-order valence-corrected chi connectivity index (χ2v) is 4.53. The zero-order valence-corrected chi connectivity index (χ0v) is 17.8. The summed E-state index contributed by atoms with van der Waals surface area (Å²) in [5.74, 6) is -2.16. The molecule has 25 heavy (non-hydrogen) atoms. The van der Waals surface area contributed by atoms with E-state index in [9.17, 15) is 18.8 Å². The Morgan fingerprint density at radius 3 is 2.48 bits per heavy atom. The molecular formula is C16H25FN3O4W-. The van der Waals surface area contributed by atoms with Crippen LogP contribution < -0.4 is 16.4 Å². The van der Waals surface area contributed by atoms with Crippen molar-refractivity contribution in [3.63, 3.8) is 0 Å². The van der Waals surface area contributed by atoms with Crippen molar-refractivity contribution in [1.82, 2.24) is 10.6 Å². The summed E-state index contributed by atoms with van der Waals surface area (Å²) >= 11 is 0. The van der Waals surface area contributed by atoms with E-state index in [0.29, 0.717) is 0 Å². The van der Waals surface area contributed by atoms with Gasteiger partial charge in [0, 0.05) is 34.6 Å². The molecule has 7 nitrogen and oxygen atoms in total. The van der Waals surface area contributed by atoms with Crippen LogP contribution in [0.5, 0.6) is 0 Å². The van der Waals surface area contributed by atoms with Gasteiger partial charge in [0.15, 0.2) is 0 Å². The van der Waals surface area contributed by atoms with Gasteiger partial charge in [-0.2, -0.15) is 6.08 Å². The fraction of sp³-hybridized carbons (Fsp3) is 0.562. The van der Waals surface area contributed by atoms with E-state index >= 15 is 0 Å². The quantitative estimate of drug-likeness (QED) is 0.367. The average Bonchev–Trinajstić information content (AvgIpc) is 2.60. The normalized spacial score (nSPS) is 21.7. The van der Waals surface area contributed by atoms with Gasteiger partial charge in [0.05, 0.1) is 18.0 Å². The topological polar surface area (TPSA) is 111 Å². The van der Waals surface area contributed by atoms with Crippen LogP contribution in [0.1, 0.15) is 33.1 Å². The summed E-state index contributed by atoms with van der Waals surface area (Å²) in [5.41, 5.74) is 4.53. The molecule has 0 radical (unpaired) electrons. The predicted octanol–water partition coefficient (Wildman–Crippen LogP) is 0.508. The molecule has 0 aromatic rings. The van der Waals surface area contributed by atoms with Crippen molar-refractivity contribution in [1.29, 1.82) is 0 Å². The summed E-state index contributed by atoms with van der Waals surface area (Å²) in [6, 6.07) is -0.786. The first kappa shape index (κ1) is 25.9. The third-order valence-electron chi connectivity index (χ3n) is 3.15. The Morgan fingerprint density at radius 2 is 2.00 bits per heavy atom. The number of methoxy groups -OCH3 is 1. The maximum absolute atomic E-state index is 13.5. The zero-order valence-electron chi connectivity index (χ0n) is 14.8. The predicted molar refractivity (Wildman–Crippen MR) is 87.1 cm³/mol. The van der Waals surface area contributed by atoms with Crippen LogP contribution in [0.25, 0.3) is 0 Å². The summed E-state index contributed by atoms with van der Waals surface area (Å²) in [7, 11) is 2.87. The van der Waals surface area contributed by atoms with Crippen LogP contribution >= 0.6 is 0 Å². The van der Waals surface area contributed by atoms with Gasteiger partial charge in [-0.3, -0.25) is 14.9 Å². The number of nitrogens with two attached hydrogens (primary N) is 1. The Morgan fingerprint density at radius 1 is 1.40 bits per heavy atom. The molecular weight excluding hydrogens is 501 g/mol. The fourth-order valence-electron chi connectivity index (χ4n) is 2.00. The molecule has 0 aromatic heterocycles. The number of hydrogen-bond donors (Lipinski definition) is 3. The van der Waals surface area contributed by atoms with Crippen molar-refractivity contribution >= 4 is 17.7 Å². The van der Waals surface area contributed by atoms with Gasteiger partial charge in [-0.25, -0.2) is 4.39 Å². The molecule has 0 bridgehead atoms. The van der Waals surface area contributed by atoms with Crippen LogP contribution in [0.3, 0.4) is 0 Å². The Bertz CT molecular complexity index is 524. The number of halogens is 1. The summed E-state index contributed by atoms with van der Waals surface area (Å²) in [4.78, 5) is 34.4. The van der Waals surface area contributed by atoms with Gasteiger partial charge >= 0.3 is 0 Å². The van der Waals surface area contributed by atoms with Crippen molar-refractivity contribution in [3.8, 4) is 0 Å². The number of ether oxygens (including phenoxy) is 1. The van der Waals surface area contributed by atoms with Gasteiger partial charge in [-0.1, -0.05) is 13.8 Å². The third-order valence-corrected chi connectivity index (χ3v) is 3.15. The smallest absolute Gasteiger partial charge is 0.248 e. The number of nitrogens with one attached hydrogen (secondary N) is 2. The maximum Gasteiger partial charge on any atom is 0.248 e. The van der Waals surface area contributed by atoms with Gasteiger partial charge in [0.2, 0.25) is 11.8 Å². The number of hydrogen-bond acceptors (Lipinski definition) is 5. The van der Waals surface area contributed by atoms with Crippen molar-refractivity contribution in [3.05, 3.63) is 23.6 Å². The first-order valence-corrected chi connectivity index (χ1v) is 7.76. The minimum Gasteiger partial charge on any atom is -0.394 e. The van der Waals surface area contributed by atoms with Gasteiger partial charge in [-0.05, 0) is 19.9 Å². The minimum atomic E-state index is -0.786. The van der Waals surface area contributed by atoms with Crippen molar-refractivity contribution < 1.29 is 44.6 Å². The molecule has 9 heteroatoms. The Balaban J connectivity index is 0. The molecule has 4 N–H and O–H groups in total. The van der Waals surface area contributed by atoms with Crippen LogP contribution in [0.2, 0.25) is 0 Å². The van der Waals surface area contributed by atoms with Crippen LogP contribution in [0.4, 0.5) is 4.39 Å². The molecule has 1 aliphatic heterocycles. The van der Waals surface area contributed by atoms with E-state index in [1.54, 1.807) is 0 Å². The molecule has 0 aromatic carbocycles. The monoisotopic (exact) mass is 526 g/mol. The molecule has 0 spiro atoms. The number of carbonyl (C=O) groups excluding carboxylic acids is 3. The summed E-state index contributed by atoms with van der Waals surface area (Å²) in [6.07, 6.45) is 3.71. The van der Waals surface area contributed by atoms with Crippen LogP contribution in [0, 0.1) is 6.08 Å². The third kappa shape index (κ3) is 8.03. The second-order valence-electron chi connectivity index (χ2n) is 4.53. The summed E-state index contributed by atoms with van der Waals surface area (Å²) < 4.78 is 18.4. The first-order valence-electron chi connectivity index (χ1n) is 7.76. The number of rotatable bonds is 3. The maximum atomic E-state index is 13.5. The van der Waals surface area contributed by atoms with Gasteiger partial charge in [0.1, 0.15) is 5.91 Å². The molecule has 2 rings (SSSR count). The molecule has 1 saturated heterocycles. The fourth-order valence-corrected chi connectivity index (χ4v) is 2.00. The van der Waals surface area contributed by atoms with Crippen molar-refractivity contribution in [2.75, 3.05) is 14.2 Å². The van der Waals surface area contributed by atoms with Gasteiger partial charge in [-0.15, -0.1) is 11.6 Å². The Labute approximate surface area is 161 Å². The van der Waals surface area contributed by atoms with Crippen LogP contribution in [0.15, 0.2) is 17.5 Å². The molecule has 1 fully saturated rings. The molecule has 1 heterocycles. The summed E-state index contributed by atoms with van der Waals surface area (Å²) in [6.45, 7) is 4.00. The number of imide groups is 1. The number of piperidine rings is 1. The van der Waals surface area contributed by atoms with E-state index in [4.69, 9.17) is 4.74 Å². The minimum absolute atomic E-state index is 0. The average molecular weight is 526 g/mol. The van der Waals surface area contributed by atoms with Crippen molar-refractivity contribution in [2.45, 2.75) is 45.3 Å². The second kappa shape index (κ2) is 13.9. The molecule has 2 atom stereocenters. The molecule has 2 aliphatic rings. The van der Waals surface area contributed by atoms with E-state index in [-0.39, 0.29) is 51.8 Å². The Kier molecular flexibility index (Phi) is 14.3. The number of carbonyl (C=O) groups is 3. The van der Waals surface area contributed by atoms with Crippen LogP contribution in [-0.2, 0) is 40.2 Å². The zero-order chi connectivity index (χ0) is 18.7. The van der Waals surface area contributed by atoms with E-state index in [0.717, 1.165) is 0 Å². The molecule has 3 amide bonds. The molecule has 142 valence electrons. The molecule has 1 aliphatic carbocycles. The molecule has 2 unspecified atom stereocenters. The first-order chi connectivity index (χ1) is 11.5. The largest absolute Gasteiger partial charge is 0.394 e. The van der Waals surface area contributed by atoms with E-state index in [1.165, 1.54) is 20.2 Å². The standard InChI is InChI=1S/C13H14FN2O4.C2H6.CH5N.W/c1-20-10-4-2-7(6-8(10)14)12(18)15-9-3-5-11(17)16-13(9)19;2*1-2;/h2,9-10H,3-5H2,1H3,(H,15,18)(H,16,17,19);1-2H3;2H2,1H3;/q-1;;;. The van der Waals surface area contributed by atoms with E-state index in [1.807, 2.05) is 13.8 Å². The molecule has 0 saturated carbocycles. The SMILES string of the molecule is CC.CN.COC1CC=C(C(=O)NC2CCC(=O)NC2=O)[C-]=C1F.[W]. The van der Waals surface area contributed by atoms with E-state index in [2.05, 4.69) is 22.4 Å². The van der Waals surface area contributed by atoms with Crippen LogP contribution in [-0.4, -0.2) is 44.0 Å².